The van der Waals surface area contributed by atoms with Crippen molar-refractivity contribution in [2.24, 2.45) is 0 Å². The van der Waals surface area contributed by atoms with Crippen molar-refractivity contribution in [1.82, 2.24) is 0 Å². The van der Waals surface area contributed by atoms with E-state index in [4.69, 9.17) is 4.74 Å². The Hall–Kier alpha value is -2.80. The molecular weight excluding hydrogens is 334 g/mol. The van der Waals surface area contributed by atoms with Crippen LogP contribution in [0.1, 0.15) is 23.3 Å². The summed E-state index contributed by atoms with van der Waals surface area (Å²) in [6.45, 7) is 0. The fraction of sp³-hybridized carbons (Fsp3) is 0.200. The smallest absolute Gasteiger partial charge is 0.277 e. The van der Waals surface area contributed by atoms with Gasteiger partial charge in [0.05, 0.1) is 10.3 Å². The monoisotopic (exact) mass is 347 g/mol. The van der Waals surface area contributed by atoms with Crippen LogP contribution in [0.4, 0.5) is 5.69 Å². The van der Waals surface area contributed by atoms with E-state index in [0.717, 1.165) is 32.5 Å². The Bertz CT molecular complexity index is 1250. The van der Waals surface area contributed by atoms with Crippen LogP contribution < -0.4 is 0 Å². The van der Waals surface area contributed by atoms with Crippen LogP contribution in [0.3, 0.4) is 0 Å². The molecule has 0 bridgehead atoms. The van der Waals surface area contributed by atoms with Crippen molar-refractivity contribution >= 4 is 38.0 Å². The lowest BCUT2D eigenvalue weighted by Gasteiger charge is -2.25. The minimum absolute atomic E-state index is 0.0839. The molecule has 0 spiro atoms. The first-order valence-corrected chi connectivity index (χ1v) is 8.46. The summed E-state index contributed by atoms with van der Waals surface area (Å²) in [5.74, 6) is 0. The van der Waals surface area contributed by atoms with Gasteiger partial charge in [-0.2, -0.15) is 0 Å². The highest BCUT2D eigenvalue weighted by molar-refractivity contribution is 6.25. The summed E-state index contributed by atoms with van der Waals surface area (Å²) in [5.41, 5.74) is 1.65. The van der Waals surface area contributed by atoms with Gasteiger partial charge < -0.3 is 14.9 Å². The molecule has 0 radical (unpaired) electrons. The molecule has 0 aromatic heterocycles. The number of aliphatic hydroxyl groups is 2. The average Bonchev–Trinajstić information content (AvgIpc) is 3.43. The van der Waals surface area contributed by atoms with Gasteiger partial charge in [-0.05, 0) is 50.9 Å². The number of epoxide rings is 1. The maximum absolute atomic E-state index is 11.4. The Balaban J connectivity index is 1.82. The Morgan fingerprint density at radius 1 is 0.962 bits per heavy atom. The summed E-state index contributed by atoms with van der Waals surface area (Å²) in [6, 6.07) is 12.7. The van der Waals surface area contributed by atoms with E-state index in [1.165, 1.54) is 6.07 Å². The summed E-state index contributed by atoms with van der Waals surface area (Å²) in [7, 11) is 0. The van der Waals surface area contributed by atoms with E-state index >= 15 is 0 Å². The molecule has 1 saturated heterocycles. The number of benzene rings is 4. The number of ether oxygens (including phenoxy) is 1. The highest BCUT2D eigenvalue weighted by Crippen LogP contribution is 2.54. The number of non-ortho nitro benzene ring substituents is 1. The Labute approximate surface area is 146 Å². The normalized spacial score (nSPS) is 27.0. The largest absolute Gasteiger partial charge is 0.387 e. The topological polar surface area (TPSA) is 96.1 Å². The number of aliphatic hydroxyl groups excluding tert-OH is 2. The predicted octanol–water partition coefficient (Wildman–Crippen LogP) is 3.34. The standard InChI is InChI=1S/C20H13NO5/c22-17-12-7-9-2-4-10-13(21(24)25)6-3-8-1-5-11(15(9)14(8)10)16(12)19-20(26-19)18(17)23/h1-7,17-20,22-23H/t17-,18+,19-,20+/m0/s1. The Kier molecular flexibility index (Phi) is 2.48. The van der Waals surface area contributed by atoms with Crippen LogP contribution in [0.2, 0.25) is 0 Å². The SMILES string of the molecule is O=[N+]([O-])c1ccc2ccc3c4c(cc5ccc1c2c53)[C@H](O)[C@@H](O)[C@H]1O[C@@H]41. The zero-order valence-electron chi connectivity index (χ0n) is 13.4. The maximum atomic E-state index is 11.4. The lowest BCUT2D eigenvalue weighted by molar-refractivity contribution is -0.383. The average molecular weight is 347 g/mol. The van der Waals surface area contributed by atoms with Crippen LogP contribution in [0.25, 0.3) is 32.3 Å². The van der Waals surface area contributed by atoms with Crippen LogP contribution in [-0.2, 0) is 4.74 Å². The molecule has 128 valence electrons. The molecule has 26 heavy (non-hydrogen) atoms. The molecule has 6 nitrogen and oxygen atoms in total. The summed E-state index contributed by atoms with van der Waals surface area (Å²) < 4.78 is 5.62. The second-order valence-corrected chi connectivity index (χ2v) is 7.10. The summed E-state index contributed by atoms with van der Waals surface area (Å²) >= 11 is 0. The van der Waals surface area contributed by atoms with Crippen LogP contribution in [0.5, 0.6) is 0 Å². The molecule has 4 aromatic carbocycles. The zero-order valence-corrected chi connectivity index (χ0v) is 13.4. The van der Waals surface area contributed by atoms with Crippen molar-refractivity contribution in [1.29, 1.82) is 0 Å². The maximum Gasteiger partial charge on any atom is 0.277 e. The van der Waals surface area contributed by atoms with Crippen molar-refractivity contribution in [3.05, 3.63) is 63.7 Å². The highest BCUT2D eigenvalue weighted by atomic mass is 16.6. The fourth-order valence-electron chi connectivity index (χ4n) is 4.61. The van der Waals surface area contributed by atoms with Gasteiger partial charge in [0.1, 0.15) is 24.4 Å². The molecule has 2 aliphatic rings. The number of nitrogens with zero attached hydrogens (tertiary/aromatic N) is 1. The molecule has 4 atom stereocenters. The zero-order chi connectivity index (χ0) is 17.7. The molecule has 0 unspecified atom stereocenters. The van der Waals surface area contributed by atoms with E-state index in [2.05, 4.69) is 0 Å². The van der Waals surface area contributed by atoms with E-state index < -0.39 is 12.2 Å². The van der Waals surface area contributed by atoms with Crippen molar-refractivity contribution < 1.29 is 19.9 Å². The van der Waals surface area contributed by atoms with Gasteiger partial charge in [-0.25, -0.2) is 0 Å². The third-order valence-corrected chi connectivity index (χ3v) is 5.82. The van der Waals surface area contributed by atoms with Crippen LogP contribution >= 0.6 is 0 Å². The molecule has 1 fully saturated rings. The lowest BCUT2D eigenvalue weighted by Crippen LogP contribution is -2.29. The van der Waals surface area contributed by atoms with E-state index in [-0.39, 0.29) is 22.8 Å². The molecule has 0 saturated carbocycles. The molecule has 1 aliphatic heterocycles. The van der Waals surface area contributed by atoms with E-state index in [1.54, 1.807) is 12.1 Å². The second kappa shape index (κ2) is 4.48. The summed E-state index contributed by atoms with van der Waals surface area (Å²) in [4.78, 5) is 11.1. The fourth-order valence-corrected chi connectivity index (χ4v) is 4.61. The van der Waals surface area contributed by atoms with Crippen LogP contribution in [0, 0.1) is 10.1 Å². The first-order valence-electron chi connectivity index (χ1n) is 8.46. The van der Waals surface area contributed by atoms with Crippen molar-refractivity contribution in [3.8, 4) is 0 Å². The second-order valence-electron chi connectivity index (χ2n) is 7.10. The van der Waals surface area contributed by atoms with Crippen molar-refractivity contribution in [3.63, 3.8) is 0 Å². The van der Waals surface area contributed by atoms with Gasteiger partial charge in [-0.3, -0.25) is 10.1 Å². The van der Waals surface area contributed by atoms with E-state index in [0.29, 0.717) is 10.9 Å². The predicted molar refractivity (Wildman–Crippen MR) is 95.4 cm³/mol. The van der Waals surface area contributed by atoms with E-state index in [1.807, 2.05) is 24.3 Å². The number of nitro benzene ring substituents is 1. The molecule has 6 rings (SSSR count). The molecule has 2 N–H and O–H groups in total. The van der Waals surface area contributed by atoms with Crippen molar-refractivity contribution in [2.45, 2.75) is 24.4 Å². The van der Waals surface area contributed by atoms with Gasteiger partial charge in [0.25, 0.3) is 5.69 Å². The lowest BCUT2D eigenvalue weighted by atomic mass is 9.81. The van der Waals surface area contributed by atoms with Crippen LogP contribution in [-0.4, -0.2) is 27.3 Å². The third kappa shape index (κ3) is 1.57. The van der Waals surface area contributed by atoms with Crippen molar-refractivity contribution in [2.75, 3.05) is 0 Å². The van der Waals surface area contributed by atoms with Gasteiger partial charge in [-0.15, -0.1) is 0 Å². The number of hydrogen-bond acceptors (Lipinski definition) is 5. The number of nitro groups is 1. The third-order valence-electron chi connectivity index (χ3n) is 5.82. The molecular formula is C20H13NO5. The number of rotatable bonds is 1. The van der Waals surface area contributed by atoms with Gasteiger partial charge in [-0.1, -0.05) is 18.2 Å². The summed E-state index contributed by atoms with van der Waals surface area (Å²) in [6.07, 6.45) is -2.54. The van der Waals surface area contributed by atoms with Gasteiger partial charge >= 0.3 is 0 Å². The number of fused-ring (bicyclic) bond motifs is 4. The molecule has 6 heteroatoms. The minimum Gasteiger partial charge on any atom is -0.387 e. The minimum atomic E-state index is -0.995. The van der Waals surface area contributed by atoms with E-state index in [9.17, 15) is 20.3 Å². The molecule has 1 heterocycles. The molecule has 1 aliphatic carbocycles. The highest BCUT2D eigenvalue weighted by Gasteiger charge is 2.54. The molecule has 0 amide bonds. The first-order chi connectivity index (χ1) is 12.6. The Morgan fingerprint density at radius 2 is 1.65 bits per heavy atom. The van der Waals surface area contributed by atoms with Gasteiger partial charge in [0, 0.05) is 11.5 Å². The first kappa shape index (κ1) is 14.4. The number of hydrogen-bond donors (Lipinski definition) is 2. The Morgan fingerprint density at radius 3 is 2.46 bits per heavy atom. The van der Waals surface area contributed by atoms with Crippen LogP contribution in [0.15, 0.2) is 42.5 Å². The van der Waals surface area contributed by atoms with Gasteiger partial charge in [0.15, 0.2) is 0 Å². The van der Waals surface area contributed by atoms with Gasteiger partial charge in [0.2, 0.25) is 0 Å². The molecule has 4 aromatic rings. The summed E-state index contributed by atoms with van der Waals surface area (Å²) in [5, 5.41) is 37.3. The quantitative estimate of drug-likeness (QED) is 0.238.